The van der Waals surface area contributed by atoms with Crippen LogP contribution in [0.15, 0.2) is 24.3 Å². The number of ether oxygens (including phenoxy) is 1. The fraction of sp³-hybridized carbons (Fsp3) is 0.125. The summed E-state index contributed by atoms with van der Waals surface area (Å²) in [5.41, 5.74) is 0.422. The minimum atomic E-state index is -6.00. The van der Waals surface area contributed by atoms with E-state index in [1.165, 1.54) is 19.1 Å². The van der Waals surface area contributed by atoms with Gasteiger partial charge in [0.15, 0.2) is 4.98 Å². The molecule has 0 saturated heterocycles. The van der Waals surface area contributed by atoms with E-state index in [4.69, 9.17) is 10.1 Å². The second kappa shape index (κ2) is 6.47. The van der Waals surface area contributed by atoms with Crippen LogP contribution in [0.1, 0.15) is 6.92 Å². The average molecular weight is 250 g/mol. The van der Waals surface area contributed by atoms with Crippen molar-refractivity contribution >= 4 is 18.9 Å². The van der Waals surface area contributed by atoms with Gasteiger partial charge in [0.1, 0.15) is 5.75 Å². The number of hydrogen-bond donors (Lipinski definition) is 0. The summed E-state index contributed by atoms with van der Waals surface area (Å²) in [7, 11) is -6.00. The van der Waals surface area contributed by atoms with E-state index in [0.29, 0.717) is 11.4 Å². The first kappa shape index (κ1) is 14.9. The van der Waals surface area contributed by atoms with Crippen LogP contribution in [0.5, 0.6) is 5.75 Å². The van der Waals surface area contributed by atoms with E-state index in [2.05, 4.69) is 4.98 Å². The molecule has 4 nitrogen and oxygen atoms in total. The number of carbonyl (C=O) groups is 1. The maximum absolute atomic E-state index is 10.5. The summed E-state index contributed by atoms with van der Waals surface area (Å²) >= 11 is 0. The van der Waals surface area contributed by atoms with Gasteiger partial charge in [0, 0.05) is 19.1 Å². The molecular weight excluding hydrogens is 243 g/mol. The number of diazo groups is 1. The highest BCUT2D eigenvalue weighted by molar-refractivity contribution is 6.50. The monoisotopic (exact) mass is 250 g/mol. The molecule has 0 aromatic heterocycles. The van der Waals surface area contributed by atoms with Crippen molar-refractivity contribution in [3.05, 3.63) is 29.2 Å². The van der Waals surface area contributed by atoms with Gasteiger partial charge in [-0.2, -0.15) is 0 Å². The molecule has 0 radical (unpaired) electrons. The molecule has 0 saturated carbocycles. The minimum Gasteiger partial charge on any atom is -0.427 e. The average Bonchev–Trinajstić information content (AvgIpc) is 2.15. The van der Waals surface area contributed by atoms with E-state index in [9.17, 15) is 22.1 Å². The topological polar surface area (TPSA) is 54.5 Å². The molecular formula is C8H7BF4N2O2. The first-order valence-electron chi connectivity index (χ1n) is 4.23. The van der Waals surface area contributed by atoms with Crippen molar-refractivity contribution in [2.75, 3.05) is 0 Å². The summed E-state index contributed by atoms with van der Waals surface area (Å²) in [6, 6.07) is 6.18. The smallest absolute Gasteiger partial charge is 0.427 e. The van der Waals surface area contributed by atoms with Gasteiger partial charge in [-0.25, -0.2) is 0 Å². The van der Waals surface area contributed by atoms with E-state index in [1.807, 2.05) is 0 Å². The Balaban J connectivity index is 0.000000437. The van der Waals surface area contributed by atoms with Gasteiger partial charge in [-0.3, -0.25) is 4.79 Å². The van der Waals surface area contributed by atoms with Crippen LogP contribution in [0.3, 0.4) is 0 Å². The van der Waals surface area contributed by atoms with Gasteiger partial charge in [-0.15, -0.1) is 0 Å². The summed E-state index contributed by atoms with van der Waals surface area (Å²) in [4.78, 5) is 13.4. The van der Waals surface area contributed by atoms with E-state index in [1.54, 1.807) is 12.1 Å². The Kier molecular flexibility index (Phi) is 5.67. The second-order valence-electron chi connectivity index (χ2n) is 2.68. The highest BCUT2D eigenvalue weighted by atomic mass is 19.5. The van der Waals surface area contributed by atoms with Crippen LogP contribution < -0.4 is 4.74 Å². The zero-order valence-electron chi connectivity index (χ0n) is 8.61. The normalized spacial score (nSPS) is 9.65. The summed E-state index contributed by atoms with van der Waals surface area (Å²) < 4.78 is 43.8. The molecule has 0 heterocycles. The van der Waals surface area contributed by atoms with Crippen molar-refractivity contribution in [1.82, 2.24) is 0 Å². The number of benzene rings is 1. The maximum atomic E-state index is 10.5. The van der Waals surface area contributed by atoms with E-state index in [-0.39, 0.29) is 5.97 Å². The molecule has 0 aliphatic carbocycles. The summed E-state index contributed by atoms with van der Waals surface area (Å²) in [6.07, 6.45) is 0. The van der Waals surface area contributed by atoms with Crippen molar-refractivity contribution in [2.24, 2.45) is 0 Å². The van der Waals surface area contributed by atoms with E-state index in [0.717, 1.165) is 0 Å². The van der Waals surface area contributed by atoms with Crippen LogP contribution in [0.25, 0.3) is 4.98 Å². The van der Waals surface area contributed by atoms with Gasteiger partial charge in [0.2, 0.25) is 5.39 Å². The van der Waals surface area contributed by atoms with Crippen LogP contribution >= 0.6 is 0 Å². The SMILES string of the molecule is CC(=O)Oc1ccc([N+]#N)cc1.F[B-](F)(F)F. The molecule has 0 N–H and O–H groups in total. The lowest BCUT2D eigenvalue weighted by molar-refractivity contribution is -0.131. The van der Waals surface area contributed by atoms with E-state index < -0.39 is 7.25 Å². The van der Waals surface area contributed by atoms with Gasteiger partial charge in [0.25, 0.3) is 0 Å². The molecule has 0 aliphatic heterocycles. The first-order valence-corrected chi connectivity index (χ1v) is 4.23. The lowest BCUT2D eigenvalue weighted by Gasteiger charge is -1.96. The number of carbonyl (C=O) groups excluding carboxylic acids is 1. The van der Waals surface area contributed by atoms with Gasteiger partial charge in [-0.1, -0.05) is 0 Å². The van der Waals surface area contributed by atoms with Gasteiger partial charge in [-0.05, 0) is 12.1 Å². The van der Waals surface area contributed by atoms with Gasteiger partial charge in [0.05, 0.1) is 0 Å². The van der Waals surface area contributed by atoms with Crippen LogP contribution in [-0.4, -0.2) is 13.2 Å². The van der Waals surface area contributed by atoms with Crippen molar-refractivity contribution in [3.63, 3.8) is 0 Å². The highest BCUT2D eigenvalue weighted by Gasteiger charge is 2.20. The fourth-order valence-electron chi connectivity index (χ4n) is 0.747. The quantitative estimate of drug-likeness (QED) is 0.252. The Morgan fingerprint density at radius 1 is 1.24 bits per heavy atom. The Bertz CT molecular complexity index is 407. The minimum absolute atomic E-state index is 0.372. The second-order valence-corrected chi connectivity index (χ2v) is 2.68. The van der Waals surface area contributed by atoms with Crippen LogP contribution in [-0.2, 0) is 4.79 Å². The Hall–Kier alpha value is -2.11. The van der Waals surface area contributed by atoms with E-state index >= 15 is 0 Å². The summed E-state index contributed by atoms with van der Waals surface area (Å²) in [5.74, 6) is 0.0681. The zero-order chi connectivity index (χ0) is 13.5. The van der Waals surface area contributed by atoms with Crippen LogP contribution in [0.4, 0.5) is 23.0 Å². The molecule has 9 heteroatoms. The summed E-state index contributed by atoms with van der Waals surface area (Å²) in [6.45, 7) is 1.32. The number of esters is 1. The predicted octanol–water partition coefficient (Wildman–Crippen LogP) is 3.40. The van der Waals surface area contributed by atoms with Gasteiger partial charge < -0.3 is 22.0 Å². The predicted molar refractivity (Wildman–Crippen MR) is 52.7 cm³/mol. The third kappa shape index (κ3) is 10.2. The number of hydrogen-bond acceptors (Lipinski definition) is 3. The lowest BCUT2D eigenvalue weighted by Crippen LogP contribution is -2.02. The Morgan fingerprint density at radius 3 is 1.94 bits per heavy atom. The Labute approximate surface area is 93.9 Å². The molecule has 0 atom stereocenters. The highest BCUT2D eigenvalue weighted by Crippen LogP contribution is 2.17. The number of rotatable bonds is 1. The van der Waals surface area contributed by atoms with Crippen molar-refractivity contribution in [1.29, 1.82) is 5.39 Å². The molecule has 0 bridgehead atoms. The zero-order valence-corrected chi connectivity index (χ0v) is 8.61. The van der Waals surface area contributed by atoms with Crippen molar-refractivity contribution in [3.8, 4) is 5.75 Å². The molecule has 0 aliphatic rings. The molecule has 17 heavy (non-hydrogen) atoms. The molecule has 0 spiro atoms. The van der Waals surface area contributed by atoms with Crippen molar-refractivity contribution < 1.29 is 26.8 Å². The fourth-order valence-corrected chi connectivity index (χ4v) is 0.747. The van der Waals surface area contributed by atoms with Crippen LogP contribution in [0, 0.1) is 5.39 Å². The molecule has 0 amide bonds. The molecule has 1 rings (SSSR count). The largest absolute Gasteiger partial charge is 0.673 e. The number of halogens is 4. The maximum Gasteiger partial charge on any atom is 0.673 e. The molecule has 92 valence electrons. The molecule has 1 aromatic rings. The molecule has 1 aromatic carbocycles. The lowest BCUT2D eigenvalue weighted by atomic mass is 10.3. The van der Waals surface area contributed by atoms with Gasteiger partial charge >= 0.3 is 18.9 Å². The first-order chi connectivity index (χ1) is 7.72. The molecule has 0 fully saturated rings. The Morgan fingerprint density at radius 2 is 1.65 bits per heavy atom. The van der Waals surface area contributed by atoms with Crippen molar-refractivity contribution in [2.45, 2.75) is 6.92 Å². The standard InChI is InChI=1S/C8H7N2O2.BF4/c1-6(11)12-8-4-2-7(10-9)3-5-8;2-1(3,4)5/h2-5H,1H3;/q+1;-1. The third-order valence-electron chi connectivity index (χ3n) is 1.21. The van der Waals surface area contributed by atoms with Crippen LogP contribution in [0.2, 0.25) is 0 Å². The molecule has 0 unspecified atom stereocenters. The summed E-state index contributed by atoms with van der Waals surface area (Å²) in [5, 5.41) is 8.33. The third-order valence-corrected chi connectivity index (χ3v) is 1.21. The number of nitrogens with zero attached hydrogens (tertiary/aromatic N) is 2.